The van der Waals surface area contributed by atoms with Crippen LogP contribution in [0.2, 0.25) is 5.02 Å². The zero-order chi connectivity index (χ0) is 17.2. The first-order valence-electron chi connectivity index (χ1n) is 7.85. The van der Waals surface area contributed by atoms with Gasteiger partial charge < -0.3 is 14.8 Å². The fourth-order valence-corrected chi connectivity index (χ4v) is 2.46. The number of benzene rings is 2. The second-order valence-corrected chi connectivity index (χ2v) is 5.70. The molecule has 5 heteroatoms. The fraction of sp³-hybridized carbons (Fsp3) is 0.316. The Kier molecular flexibility index (Phi) is 7.41. The molecule has 0 fully saturated rings. The van der Waals surface area contributed by atoms with E-state index in [1.807, 2.05) is 42.5 Å². The Morgan fingerprint density at radius 1 is 1.12 bits per heavy atom. The molecule has 24 heavy (non-hydrogen) atoms. The van der Waals surface area contributed by atoms with Crippen LogP contribution in [0.1, 0.15) is 24.0 Å². The molecule has 0 atom stereocenters. The van der Waals surface area contributed by atoms with Gasteiger partial charge in [-0.15, -0.1) is 0 Å². The number of ether oxygens (including phenoxy) is 2. The van der Waals surface area contributed by atoms with Crippen molar-refractivity contribution in [3.05, 3.63) is 58.6 Å². The van der Waals surface area contributed by atoms with Crippen molar-refractivity contribution in [2.45, 2.75) is 25.9 Å². The Bertz CT molecular complexity index is 698. The molecule has 0 heterocycles. The van der Waals surface area contributed by atoms with Gasteiger partial charge in [0.05, 0.1) is 19.8 Å². The van der Waals surface area contributed by atoms with Crippen LogP contribution in [0.15, 0.2) is 42.5 Å². The van der Waals surface area contributed by atoms with E-state index in [2.05, 4.69) is 11.4 Å². The molecular formula is C19H21ClN2O2. The largest absolute Gasteiger partial charge is 0.493 e. The summed E-state index contributed by atoms with van der Waals surface area (Å²) < 4.78 is 11.0. The number of halogens is 1. The highest BCUT2D eigenvalue weighted by Gasteiger charge is 2.06. The summed E-state index contributed by atoms with van der Waals surface area (Å²) in [4.78, 5) is 0. The molecule has 2 aromatic rings. The predicted molar refractivity (Wildman–Crippen MR) is 95.3 cm³/mol. The van der Waals surface area contributed by atoms with Crippen molar-refractivity contribution < 1.29 is 9.47 Å². The zero-order valence-electron chi connectivity index (χ0n) is 13.7. The number of hydrogen-bond acceptors (Lipinski definition) is 4. The van der Waals surface area contributed by atoms with Crippen LogP contribution >= 0.6 is 11.6 Å². The maximum absolute atomic E-state index is 8.57. The average molecular weight is 345 g/mol. The minimum absolute atomic E-state index is 0.487. The number of unbranched alkanes of at least 4 members (excludes halogenated alkanes) is 1. The summed E-state index contributed by atoms with van der Waals surface area (Å²) in [5.41, 5.74) is 2.17. The topological polar surface area (TPSA) is 54.3 Å². The highest BCUT2D eigenvalue weighted by Crippen LogP contribution is 2.28. The first-order valence-corrected chi connectivity index (χ1v) is 8.23. The smallest absolute Gasteiger partial charge is 0.161 e. The lowest BCUT2D eigenvalue weighted by atomic mass is 10.2. The van der Waals surface area contributed by atoms with Crippen molar-refractivity contribution in [1.29, 1.82) is 5.26 Å². The summed E-state index contributed by atoms with van der Waals surface area (Å²) in [6, 6.07) is 15.8. The Morgan fingerprint density at radius 3 is 2.71 bits per heavy atom. The van der Waals surface area contributed by atoms with E-state index in [1.54, 1.807) is 7.11 Å². The normalized spacial score (nSPS) is 10.2. The van der Waals surface area contributed by atoms with Crippen molar-refractivity contribution in [3.8, 4) is 17.6 Å². The Hall–Kier alpha value is -2.22. The second-order valence-electron chi connectivity index (χ2n) is 5.29. The molecule has 0 amide bonds. The molecule has 0 saturated heterocycles. The van der Waals surface area contributed by atoms with E-state index < -0.39 is 0 Å². The van der Waals surface area contributed by atoms with E-state index in [0.29, 0.717) is 44.0 Å². The molecule has 0 saturated carbocycles. The first kappa shape index (κ1) is 18.1. The third kappa shape index (κ3) is 5.45. The van der Waals surface area contributed by atoms with Gasteiger partial charge in [0.25, 0.3) is 0 Å². The Balaban J connectivity index is 1.92. The van der Waals surface area contributed by atoms with Crippen molar-refractivity contribution in [2.24, 2.45) is 0 Å². The van der Waals surface area contributed by atoms with Crippen LogP contribution < -0.4 is 14.8 Å². The number of nitrogens with one attached hydrogen (secondary N) is 1. The molecule has 0 bridgehead atoms. The highest BCUT2D eigenvalue weighted by molar-refractivity contribution is 6.31. The minimum atomic E-state index is 0.487. The molecule has 4 nitrogen and oxygen atoms in total. The number of nitriles is 1. The lowest BCUT2D eigenvalue weighted by Gasteiger charge is -2.13. The SMILES string of the molecule is COc1ccc(CNCc2ccccc2Cl)cc1OCCCC#N. The average Bonchev–Trinajstić information content (AvgIpc) is 2.60. The van der Waals surface area contributed by atoms with Crippen molar-refractivity contribution >= 4 is 11.6 Å². The summed E-state index contributed by atoms with van der Waals surface area (Å²) in [5, 5.41) is 12.7. The number of methoxy groups -OCH3 is 1. The molecular weight excluding hydrogens is 324 g/mol. The summed E-state index contributed by atoms with van der Waals surface area (Å²) in [5.74, 6) is 1.40. The van der Waals surface area contributed by atoms with Crippen LogP contribution in [0.3, 0.4) is 0 Å². The fourth-order valence-electron chi connectivity index (χ4n) is 2.26. The lowest BCUT2D eigenvalue weighted by Crippen LogP contribution is -2.13. The van der Waals surface area contributed by atoms with E-state index in [-0.39, 0.29) is 0 Å². The van der Waals surface area contributed by atoms with Gasteiger partial charge in [0.15, 0.2) is 11.5 Å². The van der Waals surface area contributed by atoms with Gasteiger partial charge in [0, 0.05) is 24.5 Å². The molecule has 2 rings (SSSR count). The van der Waals surface area contributed by atoms with Gasteiger partial charge in [0.2, 0.25) is 0 Å². The van der Waals surface area contributed by atoms with Gasteiger partial charge in [-0.25, -0.2) is 0 Å². The third-order valence-corrected chi connectivity index (χ3v) is 3.89. The van der Waals surface area contributed by atoms with Crippen molar-refractivity contribution in [2.75, 3.05) is 13.7 Å². The number of hydrogen-bond donors (Lipinski definition) is 1. The van der Waals surface area contributed by atoms with Gasteiger partial charge in [0.1, 0.15) is 0 Å². The van der Waals surface area contributed by atoms with E-state index in [1.165, 1.54) is 0 Å². The van der Waals surface area contributed by atoms with Crippen LogP contribution in [0.4, 0.5) is 0 Å². The molecule has 0 unspecified atom stereocenters. The molecule has 0 aliphatic rings. The van der Waals surface area contributed by atoms with E-state index in [9.17, 15) is 0 Å². The molecule has 0 aromatic heterocycles. The van der Waals surface area contributed by atoms with E-state index in [0.717, 1.165) is 16.1 Å². The van der Waals surface area contributed by atoms with Gasteiger partial charge in [-0.2, -0.15) is 5.26 Å². The zero-order valence-corrected chi connectivity index (χ0v) is 14.5. The van der Waals surface area contributed by atoms with Crippen molar-refractivity contribution in [1.82, 2.24) is 5.32 Å². The minimum Gasteiger partial charge on any atom is -0.493 e. The second kappa shape index (κ2) is 9.82. The number of rotatable bonds is 9. The highest BCUT2D eigenvalue weighted by atomic mass is 35.5. The van der Waals surface area contributed by atoms with Crippen molar-refractivity contribution in [3.63, 3.8) is 0 Å². The first-order chi connectivity index (χ1) is 11.7. The summed E-state index contributed by atoms with van der Waals surface area (Å²) in [6.45, 7) is 1.90. The summed E-state index contributed by atoms with van der Waals surface area (Å²) >= 11 is 6.15. The monoisotopic (exact) mass is 344 g/mol. The molecule has 0 spiro atoms. The van der Waals surface area contributed by atoms with Gasteiger partial charge in [-0.3, -0.25) is 0 Å². The molecule has 2 aromatic carbocycles. The molecule has 0 aliphatic carbocycles. The van der Waals surface area contributed by atoms with Gasteiger partial charge in [-0.1, -0.05) is 35.9 Å². The van der Waals surface area contributed by atoms with Gasteiger partial charge in [-0.05, 0) is 35.7 Å². The lowest BCUT2D eigenvalue weighted by molar-refractivity contribution is 0.290. The quantitative estimate of drug-likeness (QED) is 0.688. The molecule has 0 radical (unpaired) electrons. The summed E-state index contributed by atoms with van der Waals surface area (Å²) in [6.07, 6.45) is 1.19. The van der Waals surface area contributed by atoms with Crippen LogP contribution in [-0.2, 0) is 13.1 Å². The number of nitrogens with zero attached hydrogens (tertiary/aromatic N) is 1. The summed E-state index contributed by atoms with van der Waals surface area (Å²) in [7, 11) is 1.62. The molecule has 1 N–H and O–H groups in total. The standard InChI is InChI=1S/C19H21ClN2O2/c1-23-18-9-8-15(12-19(18)24-11-5-4-10-21)13-22-14-16-6-2-3-7-17(16)20/h2-3,6-9,12,22H,4-5,11,13-14H2,1H3. The molecule has 126 valence electrons. The van der Waals surface area contributed by atoms with E-state index >= 15 is 0 Å². The van der Waals surface area contributed by atoms with Crippen LogP contribution in [0.5, 0.6) is 11.5 Å². The predicted octanol–water partition coefficient (Wildman–Crippen LogP) is 4.32. The Morgan fingerprint density at radius 2 is 1.96 bits per heavy atom. The third-order valence-electron chi connectivity index (χ3n) is 3.52. The van der Waals surface area contributed by atoms with Crippen LogP contribution in [-0.4, -0.2) is 13.7 Å². The molecule has 0 aliphatic heterocycles. The Labute approximate surface area is 148 Å². The van der Waals surface area contributed by atoms with Gasteiger partial charge >= 0.3 is 0 Å². The maximum Gasteiger partial charge on any atom is 0.161 e. The van der Waals surface area contributed by atoms with E-state index in [4.69, 9.17) is 26.3 Å². The van der Waals surface area contributed by atoms with Crippen LogP contribution in [0, 0.1) is 11.3 Å². The van der Waals surface area contributed by atoms with Crippen LogP contribution in [0.25, 0.3) is 0 Å². The maximum atomic E-state index is 8.57.